The molecule has 0 saturated carbocycles. The van der Waals surface area contributed by atoms with Gasteiger partial charge in [0.1, 0.15) is 0 Å². The van der Waals surface area contributed by atoms with Gasteiger partial charge in [0, 0.05) is 6.54 Å². The van der Waals surface area contributed by atoms with Gasteiger partial charge in [0.2, 0.25) is 5.95 Å². The molecule has 4 heteroatoms. The van der Waals surface area contributed by atoms with Gasteiger partial charge >= 0.3 is 0 Å². The van der Waals surface area contributed by atoms with Crippen molar-refractivity contribution >= 4 is 17.0 Å². The third kappa shape index (κ3) is 2.66. The van der Waals surface area contributed by atoms with Crippen LogP contribution in [0.1, 0.15) is 24.5 Å². The van der Waals surface area contributed by atoms with Crippen molar-refractivity contribution in [1.82, 2.24) is 9.55 Å². The summed E-state index contributed by atoms with van der Waals surface area (Å²) in [5.74, 6) is 0.857. The van der Waals surface area contributed by atoms with E-state index in [-0.39, 0.29) is 0 Å². The van der Waals surface area contributed by atoms with Crippen molar-refractivity contribution in [2.45, 2.75) is 19.9 Å². The van der Waals surface area contributed by atoms with Gasteiger partial charge in [-0.15, -0.1) is 0 Å². The van der Waals surface area contributed by atoms with Gasteiger partial charge in [0.25, 0.3) is 0 Å². The maximum Gasteiger partial charge on any atom is 0.204 e. The van der Waals surface area contributed by atoms with Crippen molar-refractivity contribution in [1.29, 1.82) is 5.26 Å². The standard InChI is InChI=1S/C18H18N4/c1-2-11-20-18-21-16-9-5-6-10-17(16)22(18)13-15-8-4-3-7-14(15)12-19/h3-10H,2,11,13H2,1H3,(H,20,21). The highest BCUT2D eigenvalue weighted by Crippen LogP contribution is 2.22. The lowest BCUT2D eigenvalue weighted by Crippen LogP contribution is -2.10. The highest BCUT2D eigenvalue weighted by Gasteiger charge is 2.11. The summed E-state index contributed by atoms with van der Waals surface area (Å²) in [6.45, 7) is 3.64. The van der Waals surface area contributed by atoms with Crippen molar-refractivity contribution in [3.8, 4) is 6.07 Å². The zero-order valence-corrected chi connectivity index (χ0v) is 12.6. The van der Waals surface area contributed by atoms with Crippen LogP contribution in [0.4, 0.5) is 5.95 Å². The summed E-state index contributed by atoms with van der Waals surface area (Å²) in [4.78, 5) is 4.67. The molecule has 2 aromatic carbocycles. The number of anilines is 1. The number of hydrogen-bond donors (Lipinski definition) is 1. The monoisotopic (exact) mass is 290 g/mol. The van der Waals surface area contributed by atoms with E-state index in [0.29, 0.717) is 12.1 Å². The summed E-state index contributed by atoms with van der Waals surface area (Å²) in [5.41, 5.74) is 3.76. The fourth-order valence-corrected chi connectivity index (χ4v) is 2.54. The van der Waals surface area contributed by atoms with Gasteiger partial charge in [-0.1, -0.05) is 37.3 Å². The molecule has 0 aliphatic heterocycles. The Kier molecular flexibility index (Phi) is 4.06. The lowest BCUT2D eigenvalue weighted by atomic mass is 10.1. The van der Waals surface area contributed by atoms with Crippen LogP contribution in [0.15, 0.2) is 48.5 Å². The molecule has 0 amide bonds. The first-order valence-electron chi connectivity index (χ1n) is 7.50. The van der Waals surface area contributed by atoms with E-state index in [1.807, 2.05) is 42.5 Å². The largest absolute Gasteiger partial charge is 0.356 e. The molecular weight excluding hydrogens is 272 g/mol. The fraction of sp³-hybridized carbons (Fsp3) is 0.222. The second kappa shape index (κ2) is 6.31. The van der Waals surface area contributed by atoms with E-state index >= 15 is 0 Å². The Hall–Kier alpha value is -2.80. The number of fused-ring (bicyclic) bond motifs is 1. The number of aromatic nitrogens is 2. The van der Waals surface area contributed by atoms with Crippen LogP contribution in [0, 0.1) is 11.3 Å². The maximum atomic E-state index is 9.28. The van der Waals surface area contributed by atoms with Crippen LogP contribution in [-0.4, -0.2) is 16.1 Å². The van der Waals surface area contributed by atoms with Gasteiger partial charge in [-0.05, 0) is 30.2 Å². The summed E-state index contributed by atoms with van der Waals surface area (Å²) >= 11 is 0. The second-order valence-electron chi connectivity index (χ2n) is 5.21. The summed E-state index contributed by atoms with van der Waals surface area (Å²) in [6, 6.07) is 18.1. The minimum Gasteiger partial charge on any atom is -0.356 e. The first kappa shape index (κ1) is 14.2. The zero-order valence-electron chi connectivity index (χ0n) is 12.6. The van der Waals surface area contributed by atoms with Gasteiger partial charge in [-0.2, -0.15) is 5.26 Å². The molecule has 0 bridgehead atoms. The molecule has 0 fully saturated rings. The molecule has 0 atom stereocenters. The van der Waals surface area contributed by atoms with Crippen molar-refractivity contribution in [2.24, 2.45) is 0 Å². The van der Waals surface area contributed by atoms with Crippen LogP contribution < -0.4 is 5.32 Å². The number of para-hydroxylation sites is 2. The van der Waals surface area contributed by atoms with Gasteiger partial charge in [-0.25, -0.2) is 4.98 Å². The van der Waals surface area contributed by atoms with Crippen molar-refractivity contribution < 1.29 is 0 Å². The maximum absolute atomic E-state index is 9.28. The summed E-state index contributed by atoms with van der Waals surface area (Å²) in [6.07, 6.45) is 1.04. The molecule has 0 unspecified atom stereocenters. The van der Waals surface area contributed by atoms with Crippen molar-refractivity contribution in [3.05, 3.63) is 59.7 Å². The van der Waals surface area contributed by atoms with E-state index in [1.54, 1.807) is 0 Å². The van der Waals surface area contributed by atoms with Gasteiger partial charge < -0.3 is 9.88 Å². The SMILES string of the molecule is CCCNc1nc2ccccc2n1Cc1ccccc1C#N. The Bertz CT molecular complexity index is 826. The number of nitriles is 1. The minimum atomic E-state index is 0.635. The molecule has 1 N–H and O–H groups in total. The lowest BCUT2D eigenvalue weighted by molar-refractivity contribution is 0.814. The van der Waals surface area contributed by atoms with Crippen molar-refractivity contribution in [3.63, 3.8) is 0 Å². The van der Waals surface area contributed by atoms with E-state index in [9.17, 15) is 5.26 Å². The van der Waals surface area contributed by atoms with Crippen LogP contribution in [0.3, 0.4) is 0 Å². The van der Waals surface area contributed by atoms with Crippen LogP contribution in [0.2, 0.25) is 0 Å². The first-order valence-corrected chi connectivity index (χ1v) is 7.50. The molecule has 0 aliphatic rings. The summed E-state index contributed by atoms with van der Waals surface area (Å²) < 4.78 is 2.14. The Morgan fingerprint density at radius 2 is 1.91 bits per heavy atom. The Morgan fingerprint density at radius 3 is 2.73 bits per heavy atom. The predicted octanol–water partition coefficient (Wildman–Crippen LogP) is 3.78. The van der Waals surface area contributed by atoms with Gasteiger partial charge in [0.05, 0.1) is 29.2 Å². The number of imidazole rings is 1. The van der Waals surface area contributed by atoms with E-state index in [4.69, 9.17) is 0 Å². The average Bonchev–Trinajstić information content (AvgIpc) is 2.91. The number of benzene rings is 2. The number of nitrogens with one attached hydrogen (secondary N) is 1. The molecule has 0 spiro atoms. The zero-order chi connectivity index (χ0) is 15.4. The smallest absolute Gasteiger partial charge is 0.204 e. The molecule has 1 aromatic heterocycles. The summed E-state index contributed by atoms with van der Waals surface area (Å²) in [5, 5.41) is 12.7. The highest BCUT2D eigenvalue weighted by atomic mass is 15.2. The van der Waals surface area contributed by atoms with Crippen LogP contribution in [-0.2, 0) is 6.54 Å². The molecule has 4 nitrogen and oxygen atoms in total. The molecule has 0 saturated heterocycles. The van der Waals surface area contributed by atoms with Crippen LogP contribution in [0.25, 0.3) is 11.0 Å². The predicted molar refractivity (Wildman–Crippen MR) is 88.8 cm³/mol. The molecule has 0 radical (unpaired) electrons. The minimum absolute atomic E-state index is 0.635. The molecule has 110 valence electrons. The third-order valence-corrected chi connectivity index (χ3v) is 3.65. The normalized spacial score (nSPS) is 10.5. The topological polar surface area (TPSA) is 53.6 Å². The van der Waals surface area contributed by atoms with Crippen molar-refractivity contribution in [2.75, 3.05) is 11.9 Å². The van der Waals surface area contributed by atoms with E-state index in [1.165, 1.54) is 0 Å². The second-order valence-corrected chi connectivity index (χ2v) is 5.21. The van der Waals surface area contributed by atoms with Gasteiger partial charge in [-0.3, -0.25) is 0 Å². The summed E-state index contributed by atoms with van der Waals surface area (Å²) in [7, 11) is 0. The third-order valence-electron chi connectivity index (χ3n) is 3.65. The molecule has 1 heterocycles. The average molecular weight is 290 g/mol. The lowest BCUT2D eigenvalue weighted by Gasteiger charge is -2.11. The van der Waals surface area contributed by atoms with E-state index in [0.717, 1.165) is 35.5 Å². The highest BCUT2D eigenvalue weighted by molar-refractivity contribution is 5.78. The molecule has 3 aromatic rings. The fourth-order valence-electron chi connectivity index (χ4n) is 2.54. The molecule has 0 aliphatic carbocycles. The van der Waals surface area contributed by atoms with E-state index < -0.39 is 0 Å². The molecular formula is C18H18N4. The Morgan fingerprint density at radius 1 is 1.14 bits per heavy atom. The van der Waals surface area contributed by atoms with Gasteiger partial charge in [0.15, 0.2) is 0 Å². The van der Waals surface area contributed by atoms with Crippen LogP contribution in [0.5, 0.6) is 0 Å². The molecule has 22 heavy (non-hydrogen) atoms. The Labute approximate surface area is 130 Å². The molecule has 3 rings (SSSR count). The first-order chi connectivity index (χ1) is 10.8. The quantitative estimate of drug-likeness (QED) is 0.778. The Balaban J connectivity index is 2.06. The van der Waals surface area contributed by atoms with Crippen LogP contribution >= 0.6 is 0 Å². The van der Waals surface area contributed by atoms with E-state index in [2.05, 4.69) is 33.9 Å². The number of hydrogen-bond acceptors (Lipinski definition) is 3. The number of rotatable bonds is 5. The number of nitrogens with zero attached hydrogens (tertiary/aromatic N) is 3.